The number of hydrogen-bond acceptors (Lipinski definition) is 5. The minimum atomic E-state index is -3.40. The van der Waals surface area contributed by atoms with Crippen LogP contribution in [0.2, 0.25) is 0 Å². The number of rotatable bonds is 4. The Labute approximate surface area is 126 Å². The van der Waals surface area contributed by atoms with Gasteiger partial charge in [0.05, 0.1) is 0 Å². The number of anilines is 1. The molecule has 3 aliphatic rings. The van der Waals surface area contributed by atoms with Gasteiger partial charge in [-0.2, -0.15) is 0 Å². The smallest absolute Gasteiger partial charge is 0.244 e. The highest BCUT2D eigenvalue weighted by molar-refractivity contribution is 7.89. The molecule has 2 bridgehead atoms. The first kappa shape index (κ1) is 14.7. The van der Waals surface area contributed by atoms with E-state index in [1.165, 1.54) is 50.5 Å². The molecule has 21 heavy (non-hydrogen) atoms. The van der Waals surface area contributed by atoms with Crippen molar-refractivity contribution in [2.45, 2.75) is 23.8 Å². The van der Waals surface area contributed by atoms with Crippen LogP contribution in [0.15, 0.2) is 23.2 Å². The molecule has 3 fully saturated rings. The van der Waals surface area contributed by atoms with Crippen molar-refractivity contribution in [1.29, 1.82) is 0 Å². The Bertz CT molecular complexity index is 592. The van der Waals surface area contributed by atoms with Gasteiger partial charge in [0.1, 0.15) is 10.7 Å². The van der Waals surface area contributed by atoms with Crippen LogP contribution in [0.1, 0.15) is 12.8 Å². The summed E-state index contributed by atoms with van der Waals surface area (Å²) in [6, 6.07) is 3.80. The second-order valence-electron chi connectivity index (χ2n) is 6.06. The van der Waals surface area contributed by atoms with E-state index in [9.17, 15) is 8.42 Å². The van der Waals surface area contributed by atoms with Gasteiger partial charge >= 0.3 is 0 Å². The van der Waals surface area contributed by atoms with Crippen LogP contribution < -0.4 is 5.32 Å². The van der Waals surface area contributed by atoms with Crippen LogP contribution in [0.4, 0.5) is 5.82 Å². The van der Waals surface area contributed by atoms with Gasteiger partial charge in [0.2, 0.25) is 10.0 Å². The van der Waals surface area contributed by atoms with E-state index in [0.29, 0.717) is 12.0 Å². The molecular weight excluding hydrogens is 288 g/mol. The Hall–Kier alpha value is -1.18. The molecule has 1 unspecified atom stereocenters. The number of piperidine rings is 3. The Morgan fingerprint density at radius 1 is 1.29 bits per heavy atom. The van der Waals surface area contributed by atoms with E-state index >= 15 is 0 Å². The standard InChI is InChI=1S/C14H22N4O2S/c1-17(2)21(19,20)12-3-4-14(15-9-12)16-13-10-18-7-5-11(13)6-8-18/h3-4,9,11,13H,5-8,10H2,1-2H3,(H,15,16). The molecule has 4 rings (SSSR count). The number of aromatic nitrogens is 1. The lowest BCUT2D eigenvalue weighted by Gasteiger charge is -2.45. The number of nitrogens with one attached hydrogen (secondary N) is 1. The van der Waals surface area contributed by atoms with E-state index in [2.05, 4.69) is 15.2 Å². The van der Waals surface area contributed by atoms with Crippen molar-refractivity contribution >= 4 is 15.8 Å². The maximum absolute atomic E-state index is 12.0. The molecule has 3 saturated heterocycles. The van der Waals surface area contributed by atoms with Crippen molar-refractivity contribution < 1.29 is 8.42 Å². The third-order valence-corrected chi connectivity index (χ3v) is 6.30. The first-order valence-electron chi connectivity index (χ1n) is 7.34. The molecule has 0 saturated carbocycles. The van der Waals surface area contributed by atoms with Gasteiger partial charge in [-0.1, -0.05) is 0 Å². The van der Waals surface area contributed by atoms with Gasteiger partial charge < -0.3 is 10.2 Å². The number of sulfonamides is 1. The molecule has 0 aliphatic carbocycles. The number of fused-ring (bicyclic) bond motifs is 3. The van der Waals surface area contributed by atoms with Crippen LogP contribution in [0.25, 0.3) is 0 Å². The van der Waals surface area contributed by atoms with E-state index in [1.54, 1.807) is 12.1 Å². The lowest BCUT2D eigenvalue weighted by Crippen LogP contribution is -2.53. The first-order chi connectivity index (χ1) is 9.96. The summed E-state index contributed by atoms with van der Waals surface area (Å²) in [5.74, 6) is 1.47. The van der Waals surface area contributed by atoms with Gasteiger partial charge in [-0.25, -0.2) is 17.7 Å². The zero-order valence-corrected chi connectivity index (χ0v) is 13.3. The van der Waals surface area contributed by atoms with E-state index in [1.807, 2.05) is 0 Å². The van der Waals surface area contributed by atoms with E-state index in [4.69, 9.17) is 0 Å². The molecule has 6 nitrogen and oxygen atoms in total. The zero-order chi connectivity index (χ0) is 15.0. The Morgan fingerprint density at radius 3 is 2.48 bits per heavy atom. The molecule has 1 N–H and O–H groups in total. The fourth-order valence-corrected chi connectivity index (χ4v) is 4.00. The molecule has 4 heterocycles. The Morgan fingerprint density at radius 2 is 2.00 bits per heavy atom. The highest BCUT2D eigenvalue weighted by Gasteiger charge is 2.34. The monoisotopic (exact) mass is 310 g/mol. The fourth-order valence-electron chi connectivity index (χ4n) is 3.15. The van der Waals surface area contributed by atoms with Crippen LogP contribution in [0.5, 0.6) is 0 Å². The Kier molecular flexibility index (Phi) is 3.90. The molecule has 0 radical (unpaired) electrons. The SMILES string of the molecule is CN(C)S(=O)(=O)c1ccc(NC2CN3CCC2CC3)nc1. The van der Waals surface area contributed by atoms with Crippen molar-refractivity contribution in [3.05, 3.63) is 18.3 Å². The van der Waals surface area contributed by atoms with Crippen molar-refractivity contribution in [1.82, 2.24) is 14.2 Å². The highest BCUT2D eigenvalue weighted by Crippen LogP contribution is 2.29. The Balaban J connectivity index is 1.71. The van der Waals surface area contributed by atoms with Gasteiger partial charge in [-0.3, -0.25) is 0 Å². The van der Waals surface area contributed by atoms with Gasteiger partial charge in [-0.15, -0.1) is 0 Å². The molecule has 0 spiro atoms. The van der Waals surface area contributed by atoms with Crippen molar-refractivity contribution in [3.63, 3.8) is 0 Å². The minimum absolute atomic E-state index is 0.229. The van der Waals surface area contributed by atoms with Crippen molar-refractivity contribution in [2.24, 2.45) is 5.92 Å². The van der Waals surface area contributed by atoms with Crippen LogP contribution >= 0.6 is 0 Å². The third kappa shape index (κ3) is 2.90. The fraction of sp³-hybridized carbons (Fsp3) is 0.643. The first-order valence-corrected chi connectivity index (χ1v) is 8.78. The summed E-state index contributed by atoms with van der Waals surface area (Å²) in [4.78, 5) is 6.97. The van der Waals surface area contributed by atoms with Crippen LogP contribution in [0, 0.1) is 5.92 Å². The topological polar surface area (TPSA) is 65.5 Å². The molecule has 1 aromatic heterocycles. The van der Waals surface area contributed by atoms with Crippen molar-refractivity contribution in [2.75, 3.05) is 39.0 Å². The number of pyridine rings is 1. The lowest BCUT2D eigenvalue weighted by molar-refractivity contribution is 0.0974. The quantitative estimate of drug-likeness (QED) is 0.893. The van der Waals surface area contributed by atoms with E-state index in [-0.39, 0.29) is 4.90 Å². The highest BCUT2D eigenvalue weighted by atomic mass is 32.2. The summed E-state index contributed by atoms with van der Waals surface area (Å²) in [5.41, 5.74) is 0. The summed E-state index contributed by atoms with van der Waals surface area (Å²) in [5, 5.41) is 3.46. The number of hydrogen-bond donors (Lipinski definition) is 1. The molecule has 3 aliphatic heterocycles. The van der Waals surface area contributed by atoms with Gasteiger partial charge in [-0.05, 0) is 44.0 Å². The van der Waals surface area contributed by atoms with Crippen molar-refractivity contribution in [3.8, 4) is 0 Å². The van der Waals surface area contributed by atoms with Crippen LogP contribution in [0.3, 0.4) is 0 Å². The normalized spacial score (nSPS) is 28.8. The molecule has 7 heteroatoms. The van der Waals surface area contributed by atoms with E-state index in [0.717, 1.165) is 12.4 Å². The lowest BCUT2D eigenvalue weighted by atomic mass is 9.84. The second kappa shape index (κ2) is 5.55. The summed E-state index contributed by atoms with van der Waals surface area (Å²) < 4.78 is 25.2. The van der Waals surface area contributed by atoms with Gasteiger partial charge in [0, 0.05) is 32.9 Å². The zero-order valence-electron chi connectivity index (χ0n) is 12.5. The summed E-state index contributed by atoms with van der Waals surface area (Å²) in [6.45, 7) is 3.47. The van der Waals surface area contributed by atoms with Crippen LogP contribution in [-0.2, 0) is 10.0 Å². The molecule has 0 amide bonds. The molecule has 116 valence electrons. The largest absolute Gasteiger partial charge is 0.366 e. The van der Waals surface area contributed by atoms with E-state index < -0.39 is 10.0 Å². The predicted molar refractivity (Wildman–Crippen MR) is 81.7 cm³/mol. The van der Waals surface area contributed by atoms with Crippen LogP contribution in [-0.4, -0.2) is 62.4 Å². The predicted octanol–water partition coefficient (Wildman–Crippen LogP) is 0.838. The van der Waals surface area contributed by atoms with Gasteiger partial charge in [0.15, 0.2) is 0 Å². The summed E-state index contributed by atoms with van der Waals surface area (Å²) in [7, 11) is -0.355. The minimum Gasteiger partial charge on any atom is -0.366 e. The summed E-state index contributed by atoms with van der Waals surface area (Å²) >= 11 is 0. The third-order valence-electron chi connectivity index (χ3n) is 4.50. The second-order valence-corrected chi connectivity index (χ2v) is 8.21. The number of nitrogens with zero attached hydrogens (tertiary/aromatic N) is 3. The van der Waals surface area contributed by atoms with Gasteiger partial charge in [0.25, 0.3) is 0 Å². The molecule has 1 aromatic rings. The average Bonchev–Trinajstić information content (AvgIpc) is 2.49. The molecular formula is C14H22N4O2S. The molecule has 0 aromatic carbocycles. The maximum atomic E-state index is 12.0. The molecule has 1 atom stereocenters. The average molecular weight is 310 g/mol. The maximum Gasteiger partial charge on any atom is 0.244 e. The summed E-state index contributed by atoms with van der Waals surface area (Å²) in [6.07, 6.45) is 3.91.